The largest absolute Gasteiger partial charge is 0.366 e. The summed E-state index contributed by atoms with van der Waals surface area (Å²) in [6.07, 6.45) is 0.556. The van der Waals surface area contributed by atoms with Crippen LogP contribution in [0.25, 0.3) is 0 Å². The molecule has 1 aromatic carbocycles. The number of benzene rings is 1. The molecular weight excluding hydrogens is 218 g/mol. The van der Waals surface area contributed by atoms with E-state index in [-0.39, 0.29) is 5.91 Å². The van der Waals surface area contributed by atoms with Gasteiger partial charge < -0.3 is 16.8 Å². The SMILES string of the molecule is CC[C@H](N)C(=O)Nc1cc(C(N)=O)ccc1C. The van der Waals surface area contributed by atoms with Gasteiger partial charge in [0.15, 0.2) is 0 Å². The molecule has 5 N–H and O–H groups in total. The Bertz CT molecular complexity index is 443. The average Bonchev–Trinajstić information content (AvgIpc) is 2.30. The highest BCUT2D eigenvalue weighted by atomic mass is 16.2. The molecule has 0 aliphatic carbocycles. The van der Waals surface area contributed by atoms with Crippen LogP contribution in [-0.2, 0) is 4.79 Å². The third-order valence-electron chi connectivity index (χ3n) is 2.56. The van der Waals surface area contributed by atoms with Gasteiger partial charge in [0.2, 0.25) is 11.8 Å². The minimum Gasteiger partial charge on any atom is -0.366 e. The Morgan fingerprint density at radius 3 is 2.59 bits per heavy atom. The van der Waals surface area contributed by atoms with E-state index in [9.17, 15) is 9.59 Å². The van der Waals surface area contributed by atoms with E-state index in [0.717, 1.165) is 5.56 Å². The number of hydrogen-bond acceptors (Lipinski definition) is 3. The Morgan fingerprint density at radius 2 is 2.06 bits per heavy atom. The standard InChI is InChI=1S/C12H17N3O2/c1-3-9(13)12(17)15-10-6-8(11(14)16)5-4-7(10)2/h4-6,9H,3,13H2,1-2H3,(H2,14,16)(H,15,17)/t9-/m0/s1. The Balaban J connectivity index is 2.94. The maximum absolute atomic E-state index is 11.6. The van der Waals surface area contributed by atoms with E-state index in [1.54, 1.807) is 18.2 Å². The maximum Gasteiger partial charge on any atom is 0.248 e. The summed E-state index contributed by atoms with van der Waals surface area (Å²) < 4.78 is 0. The number of hydrogen-bond donors (Lipinski definition) is 3. The number of rotatable bonds is 4. The van der Waals surface area contributed by atoms with Gasteiger partial charge in [-0.2, -0.15) is 0 Å². The molecular formula is C12H17N3O2. The maximum atomic E-state index is 11.6. The van der Waals surface area contributed by atoms with Crippen LogP contribution in [0.2, 0.25) is 0 Å². The first-order valence-corrected chi connectivity index (χ1v) is 5.42. The molecule has 1 atom stereocenters. The summed E-state index contributed by atoms with van der Waals surface area (Å²) in [5, 5.41) is 2.68. The lowest BCUT2D eigenvalue weighted by Crippen LogP contribution is -2.35. The average molecular weight is 235 g/mol. The van der Waals surface area contributed by atoms with Crippen LogP contribution in [0, 0.1) is 6.92 Å². The molecule has 5 nitrogen and oxygen atoms in total. The van der Waals surface area contributed by atoms with Crippen LogP contribution in [-0.4, -0.2) is 17.9 Å². The number of amides is 2. The van der Waals surface area contributed by atoms with Gasteiger partial charge in [0, 0.05) is 11.3 Å². The van der Waals surface area contributed by atoms with Crippen molar-refractivity contribution < 1.29 is 9.59 Å². The Labute approximate surface area is 100 Å². The molecule has 2 amide bonds. The molecule has 0 heterocycles. The number of carbonyl (C=O) groups is 2. The summed E-state index contributed by atoms with van der Waals surface area (Å²) in [5.74, 6) is -0.794. The van der Waals surface area contributed by atoms with Crippen LogP contribution < -0.4 is 16.8 Å². The van der Waals surface area contributed by atoms with E-state index in [1.165, 1.54) is 0 Å². The van der Waals surface area contributed by atoms with Gasteiger partial charge >= 0.3 is 0 Å². The molecule has 1 aromatic rings. The molecule has 0 bridgehead atoms. The molecule has 0 saturated heterocycles. The van der Waals surface area contributed by atoms with Gasteiger partial charge in [-0.1, -0.05) is 13.0 Å². The smallest absolute Gasteiger partial charge is 0.248 e. The number of primary amides is 1. The fourth-order valence-corrected chi connectivity index (χ4v) is 1.32. The van der Waals surface area contributed by atoms with Gasteiger partial charge in [-0.3, -0.25) is 9.59 Å². The van der Waals surface area contributed by atoms with Crippen molar-refractivity contribution in [1.82, 2.24) is 0 Å². The van der Waals surface area contributed by atoms with Gasteiger partial charge in [0.1, 0.15) is 0 Å². The third-order valence-corrected chi connectivity index (χ3v) is 2.56. The molecule has 0 fully saturated rings. The van der Waals surface area contributed by atoms with Gasteiger partial charge in [0.05, 0.1) is 6.04 Å². The molecule has 92 valence electrons. The highest BCUT2D eigenvalue weighted by Gasteiger charge is 2.13. The Morgan fingerprint density at radius 1 is 1.41 bits per heavy atom. The van der Waals surface area contributed by atoms with Crippen molar-refractivity contribution in [3.05, 3.63) is 29.3 Å². The quantitative estimate of drug-likeness (QED) is 0.718. The predicted molar refractivity (Wildman–Crippen MR) is 66.6 cm³/mol. The monoisotopic (exact) mass is 235 g/mol. The fourth-order valence-electron chi connectivity index (χ4n) is 1.32. The Hall–Kier alpha value is -1.88. The van der Waals surface area contributed by atoms with E-state index < -0.39 is 11.9 Å². The van der Waals surface area contributed by atoms with E-state index >= 15 is 0 Å². The lowest BCUT2D eigenvalue weighted by molar-refractivity contribution is -0.117. The van der Waals surface area contributed by atoms with Crippen LogP contribution in [0.4, 0.5) is 5.69 Å². The van der Waals surface area contributed by atoms with Crippen molar-refractivity contribution in [1.29, 1.82) is 0 Å². The predicted octanol–water partition coefficient (Wildman–Crippen LogP) is 0.770. The van der Waals surface area contributed by atoms with Crippen molar-refractivity contribution in [2.75, 3.05) is 5.32 Å². The molecule has 5 heteroatoms. The van der Waals surface area contributed by atoms with Crippen LogP contribution in [0.3, 0.4) is 0 Å². The van der Waals surface area contributed by atoms with Crippen molar-refractivity contribution in [2.24, 2.45) is 11.5 Å². The lowest BCUT2D eigenvalue weighted by atomic mass is 10.1. The second kappa shape index (κ2) is 5.45. The summed E-state index contributed by atoms with van der Waals surface area (Å²) in [5.41, 5.74) is 12.6. The molecule has 0 radical (unpaired) electrons. The van der Waals surface area contributed by atoms with Crippen LogP contribution >= 0.6 is 0 Å². The van der Waals surface area contributed by atoms with E-state index in [0.29, 0.717) is 17.7 Å². The van der Waals surface area contributed by atoms with Crippen molar-refractivity contribution in [3.8, 4) is 0 Å². The number of carbonyl (C=O) groups excluding carboxylic acids is 2. The second-order valence-electron chi connectivity index (χ2n) is 3.90. The minimum atomic E-state index is -0.549. The van der Waals surface area contributed by atoms with Crippen molar-refractivity contribution >= 4 is 17.5 Å². The summed E-state index contributed by atoms with van der Waals surface area (Å²) in [6.45, 7) is 3.66. The van der Waals surface area contributed by atoms with Crippen molar-refractivity contribution in [3.63, 3.8) is 0 Å². The van der Waals surface area contributed by atoms with Gasteiger partial charge in [-0.15, -0.1) is 0 Å². The second-order valence-corrected chi connectivity index (χ2v) is 3.90. The molecule has 0 spiro atoms. The van der Waals surface area contributed by atoms with Crippen LogP contribution in [0.15, 0.2) is 18.2 Å². The van der Waals surface area contributed by atoms with E-state index in [4.69, 9.17) is 11.5 Å². The topological polar surface area (TPSA) is 98.2 Å². The number of nitrogens with one attached hydrogen (secondary N) is 1. The van der Waals surface area contributed by atoms with Gasteiger partial charge in [-0.25, -0.2) is 0 Å². The summed E-state index contributed by atoms with van der Waals surface area (Å²) in [7, 11) is 0. The summed E-state index contributed by atoms with van der Waals surface area (Å²) in [4.78, 5) is 22.6. The zero-order chi connectivity index (χ0) is 13.0. The van der Waals surface area contributed by atoms with E-state index in [1.807, 2.05) is 13.8 Å². The number of anilines is 1. The van der Waals surface area contributed by atoms with Crippen LogP contribution in [0.5, 0.6) is 0 Å². The molecule has 0 aliphatic rings. The molecule has 1 rings (SSSR count). The first-order chi connectivity index (χ1) is 7.95. The molecule has 0 aromatic heterocycles. The normalized spacial score (nSPS) is 11.9. The Kier molecular flexibility index (Phi) is 4.23. The fraction of sp³-hybridized carbons (Fsp3) is 0.333. The highest BCUT2D eigenvalue weighted by Crippen LogP contribution is 2.17. The number of aryl methyl sites for hydroxylation is 1. The van der Waals surface area contributed by atoms with Gasteiger partial charge in [0.25, 0.3) is 0 Å². The molecule has 0 aliphatic heterocycles. The molecule has 0 unspecified atom stereocenters. The summed E-state index contributed by atoms with van der Waals surface area (Å²) in [6, 6.07) is 4.35. The highest BCUT2D eigenvalue weighted by molar-refractivity contribution is 5.98. The van der Waals surface area contributed by atoms with Gasteiger partial charge in [-0.05, 0) is 31.0 Å². The third kappa shape index (κ3) is 3.29. The summed E-state index contributed by atoms with van der Waals surface area (Å²) >= 11 is 0. The molecule has 0 saturated carbocycles. The zero-order valence-corrected chi connectivity index (χ0v) is 9.99. The van der Waals surface area contributed by atoms with Crippen LogP contribution in [0.1, 0.15) is 29.3 Å². The lowest BCUT2D eigenvalue weighted by Gasteiger charge is -2.12. The zero-order valence-electron chi connectivity index (χ0n) is 9.99. The minimum absolute atomic E-state index is 0.266. The first kappa shape index (κ1) is 13.2. The number of nitrogens with two attached hydrogens (primary N) is 2. The first-order valence-electron chi connectivity index (χ1n) is 5.42. The van der Waals surface area contributed by atoms with E-state index in [2.05, 4.69) is 5.32 Å². The van der Waals surface area contributed by atoms with Crippen molar-refractivity contribution in [2.45, 2.75) is 26.3 Å². The molecule has 17 heavy (non-hydrogen) atoms.